The van der Waals surface area contributed by atoms with Crippen molar-refractivity contribution in [2.24, 2.45) is 4.99 Å². The summed E-state index contributed by atoms with van der Waals surface area (Å²) in [6.45, 7) is 4.49. The van der Waals surface area contributed by atoms with Crippen LogP contribution >= 0.6 is 0 Å². The first-order valence-corrected chi connectivity index (χ1v) is 12.6. The van der Waals surface area contributed by atoms with Gasteiger partial charge in [0.1, 0.15) is 54.2 Å². The van der Waals surface area contributed by atoms with Gasteiger partial charge in [-0.2, -0.15) is 0 Å². The van der Waals surface area contributed by atoms with Crippen LogP contribution in [-0.4, -0.2) is 87.1 Å². The molecule has 0 spiro atoms. The zero-order valence-electron chi connectivity index (χ0n) is 21.8. The van der Waals surface area contributed by atoms with Crippen LogP contribution in [0.15, 0.2) is 50.4 Å². The molecule has 0 unspecified atom stereocenters. The molecule has 0 radical (unpaired) electrons. The highest BCUT2D eigenvalue weighted by Crippen LogP contribution is 2.46. The Labute approximate surface area is 223 Å². The highest BCUT2D eigenvalue weighted by molar-refractivity contribution is 6.12. The minimum Gasteiger partial charge on any atom is -0.482 e. The van der Waals surface area contributed by atoms with E-state index in [0.29, 0.717) is 40.3 Å². The first-order chi connectivity index (χ1) is 18.5. The van der Waals surface area contributed by atoms with Crippen molar-refractivity contribution >= 4 is 22.4 Å². The van der Waals surface area contributed by atoms with Gasteiger partial charge in [-0.05, 0) is 32.9 Å². The van der Waals surface area contributed by atoms with Crippen molar-refractivity contribution in [2.45, 2.75) is 63.3 Å². The van der Waals surface area contributed by atoms with E-state index >= 15 is 0 Å². The summed E-state index contributed by atoms with van der Waals surface area (Å²) in [5, 5.41) is 48.8. The topological polar surface area (TPSA) is 175 Å². The molecule has 0 fully saturated rings. The molecule has 1 aromatic carbocycles. The Morgan fingerprint density at radius 2 is 1.92 bits per heavy atom. The molecular weight excluding hydrogens is 512 g/mol. The number of allylic oxidation sites excluding steroid dienone is 1. The normalized spacial score (nSPS) is 22.6. The van der Waals surface area contributed by atoms with Gasteiger partial charge >= 0.3 is 0 Å². The fourth-order valence-corrected chi connectivity index (χ4v) is 4.88. The van der Waals surface area contributed by atoms with Gasteiger partial charge < -0.3 is 39.6 Å². The predicted molar refractivity (Wildman–Crippen MR) is 140 cm³/mol. The van der Waals surface area contributed by atoms with Gasteiger partial charge in [0.25, 0.3) is 0 Å². The number of aliphatic hydroxyl groups excluding tert-OH is 5. The lowest BCUT2D eigenvalue weighted by Crippen LogP contribution is -2.50. The number of aliphatic hydroxyl groups is 5. The summed E-state index contributed by atoms with van der Waals surface area (Å²) in [7, 11) is 0. The van der Waals surface area contributed by atoms with Crippen molar-refractivity contribution in [1.29, 1.82) is 0 Å². The van der Waals surface area contributed by atoms with Crippen molar-refractivity contribution in [2.75, 3.05) is 24.7 Å². The Kier molecular flexibility index (Phi) is 7.37. The molecule has 0 saturated heterocycles. The van der Waals surface area contributed by atoms with Crippen LogP contribution in [0, 0.1) is 6.92 Å². The van der Waals surface area contributed by atoms with Gasteiger partial charge in [-0.3, -0.25) is 9.79 Å². The van der Waals surface area contributed by atoms with Gasteiger partial charge in [0.05, 0.1) is 24.2 Å². The van der Waals surface area contributed by atoms with Crippen LogP contribution in [0.2, 0.25) is 0 Å². The van der Waals surface area contributed by atoms with Crippen molar-refractivity contribution in [3.63, 3.8) is 0 Å². The fourth-order valence-electron chi connectivity index (χ4n) is 4.88. The molecule has 3 aliphatic heterocycles. The second-order valence-electron chi connectivity index (χ2n) is 10.5. The molecule has 4 heterocycles. The Morgan fingerprint density at radius 1 is 1.18 bits per heavy atom. The molecule has 5 atom stereocenters. The average Bonchev–Trinajstić information content (AvgIpc) is 3.49. The summed E-state index contributed by atoms with van der Waals surface area (Å²) in [4.78, 5) is 30.1. The van der Waals surface area contributed by atoms with Gasteiger partial charge in [-0.25, -0.2) is 9.78 Å². The third kappa shape index (κ3) is 5.12. The second kappa shape index (κ2) is 10.5. The van der Waals surface area contributed by atoms with Crippen molar-refractivity contribution in [3.05, 3.63) is 57.7 Å². The van der Waals surface area contributed by atoms with Gasteiger partial charge in [0.15, 0.2) is 16.8 Å². The second-order valence-corrected chi connectivity index (χ2v) is 10.5. The molecule has 0 amide bonds. The summed E-state index contributed by atoms with van der Waals surface area (Å²) in [5.41, 5.74) is 2.46. The quantitative estimate of drug-likeness (QED) is 0.216. The van der Waals surface area contributed by atoms with E-state index in [9.17, 15) is 25.2 Å². The summed E-state index contributed by atoms with van der Waals surface area (Å²) in [6.07, 6.45) is -1.60. The maximum Gasteiger partial charge on any atom is 0.193 e. The van der Waals surface area contributed by atoms with E-state index in [4.69, 9.17) is 24.0 Å². The average molecular weight is 545 g/mol. The minimum atomic E-state index is -1.78. The summed E-state index contributed by atoms with van der Waals surface area (Å²) >= 11 is 0. The summed E-state index contributed by atoms with van der Waals surface area (Å²) < 4.78 is 12.5. The van der Waals surface area contributed by atoms with Gasteiger partial charge in [-0.15, -0.1) is 0 Å². The zero-order valence-corrected chi connectivity index (χ0v) is 21.8. The Balaban J connectivity index is 1.42. The standard InChI is InChI=1S/C27H32N2O10/c1-13-6-18(31)16-7-15-8-21(39-36-12-20(33)24(35)23(34)19(32)11-30)27(2,3)38-25(15)22(26(16)37-13)29-9-14-4-5-28-17(14)10-29/h4-7,9,19-21,23-24,30,32-35H,8,10-12H2,1-3H3/t19-,20+,21-,23-,24-/m1/s1. The fraction of sp³-hybridized carbons (Fsp3) is 0.481. The van der Waals surface area contributed by atoms with E-state index in [-0.39, 0.29) is 11.8 Å². The maximum absolute atomic E-state index is 13.0. The molecule has 0 saturated carbocycles. The van der Waals surface area contributed by atoms with Gasteiger partial charge in [0, 0.05) is 36.0 Å². The van der Waals surface area contributed by atoms with Crippen LogP contribution in [0.25, 0.3) is 11.0 Å². The van der Waals surface area contributed by atoms with E-state index in [0.717, 1.165) is 11.3 Å². The molecule has 3 aliphatic rings. The molecule has 0 bridgehead atoms. The lowest BCUT2D eigenvalue weighted by molar-refractivity contribution is -0.358. The largest absolute Gasteiger partial charge is 0.482 e. The number of ether oxygens (including phenoxy) is 1. The number of benzene rings is 1. The van der Waals surface area contributed by atoms with Gasteiger partial charge in [0.2, 0.25) is 0 Å². The highest BCUT2D eigenvalue weighted by atomic mass is 17.2. The van der Waals surface area contributed by atoms with Crippen LogP contribution in [0.4, 0.5) is 5.69 Å². The zero-order chi connectivity index (χ0) is 28.1. The van der Waals surface area contributed by atoms with Gasteiger partial charge in [-0.1, -0.05) is 0 Å². The Bertz CT molecular complexity index is 1410. The number of fused-ring (bicyclic) bond motifs is 3. The molecule has 5 rings (SSSR count). The van der Waals surface area contributed by atoms with E-state index in [2.05, 4.69) is 4.99 Å². The lowest BCUT2D eigenvalue weighted by Gasteiger charge is -2.40. The summed E-state index contributed by atoms with van der Waals surface area (Å²) in [5.74, 6) is 1.01. The first kappa shape index (κ1) is 27.5. The molecule has 5 N–H and O–H groups in total. The maximum atomic E-state index is 13.0. The molecule has 210 valence electrons. The van der Waals surface area contributed by atoms with Crippen molar-refractivity contribution in [1.82, 2.24) is 0 Å². The van der Waals surface area contributed by atoms with Crippen LogP contribution < -0.4 is 15.1 Å². The van der Waals surface area contributed by atoms with Crippen LogP contribution in [0.3, 0.4) is 0 Å². The molecule has 12 heteroatoms. The molecule has 2 aromatic rings. The number of aryl methyl sites for hydroxylation is 1. The smallest absolute Gasteiger partial charge is 0.193 e. The Hall–Kier alpha value is -3.10. The number of aliphatic imine (C=N–C) groups is 1. The molecule has 12 nitrogen and oxygen atoms in total. The Morgan fingerprint density at radius 3 is 2.64 bits per heavy atom. The third-order valence-electron chi connectivity index (χ3n) is 7.16. The van der Waals surface area contributed by atoms with Crippen LogP contribution in [0.1, 0.15) is 25.2 Å². The molecular formula is C27H32N2O10. The highest BCUT2D eigenvalue weighted by Gasteiger charge is 2.42. The van der Waals surface area contributed by atoms with E-state index in [1.54, 1.807) is 33.0 Å². The first-order valence-electron chi connectivity index (χ1n) is 12.6. The number of hydrogen-bond acceptors (Lipinski definition) is 12. The number of rotatable bonds is 9. The number of hydrogen-bond donors (Lipinski definition) is 5. The van der Waals surface area contributed by atoms with Crippen LogP contribution in [0.5, 0.6) is 5.75 Å². The van der Waals surface area contributed by atoms with Crippen LogP contribution in [-0.2, 0) is 16.2 Å². The lowest BCUT2D eigenvalue weighted by atomic mass is 9.89. The van der Waals surface area contributed by atoms with Crippen molar-refractivity contribution in [3.8, 4) is 5.75 Å². The summed E-state index contributed by atoms with van der Waals surface area (Å²) in [6, 6.07) is 3.15. The number of anilines is 1. The monoisotopic (exact) mass is 544 g/mol. The SMILES string of the molecule is Cc1cc(=O)c2cc3c(c(N4C=C5C=CN=C5C4)c2o1)OC(C)(C)[C@H](OOC[C@H](O)[C@@H](O)[C@H](O)[C@H](O)CO)C3. The molecule has 39 heavy (non-hydrogen) atoms. The van der Waals surface area contributed by atoms with Crippen molar-refractivity contribution < 1.29 is 44.5 Å². The third-order valence-corrected chi connectivity index (χ3v) is 7.16. The van der Waals surface area contributed by atoms with E-state index in [1.807, 2.05) is 17.2 Å². The molecule has 1 aromatic heterocycles. The molecule has 0 aliphatic carbocycles. The number of nitrogens with zero attached hydrogens (tertiary/aromatic N) is 2. The predicted octanol–water partition coefficient (Wildman–Crippen LogP) is 0.240. The van der Waals surface area contributed by atoms with E-state index in [1.165, 1.54) is 6.07 Å². The minimum absolute atomic E-state index is 0.193. The van der Waals surface area contributed by atoms with E-state index < -0.39 is 49.3 Å².